The third-order valence-electron chi connectivity index (χ3n) is 3.10. The van der Waals surface area contributed by atoms with E-state index in [1.165, 1.54) is 6.42 Å². The van der Waals surface area contributed by atoms with Gasteiger partial charge in [-0.25, -0.2) is 0 Å². The minimum atomic E-state index is 0.332. The van der Waals surface area contributed by atoms with E-state index < -0.39 is 0 Å². The first kappa shape index (κ1) is 4.31. The molecule has 1 N–H and O–H groups in total. The van der Waals surface area contributed by atoms with E-state index in [4.69, 9.17) is 0 Å². The van der Waals surface area contributed by atoms with E-state index in [1.54, 1.807) is 0 Å². The van der Waals surface area contributed by atoms with Gasteiger partial charge in [-0.2, -0.15) is 0 Å². The van der Waals surface area contributed by atoms with Gasteiger partial charge in [-0.3, -0.25) is 4.79 Å². The molecule has 0 radical (unpaired) electrons. The SMILES string of the molecule is O=C1NC2CC1C1CC21. The summed E-state index contributed by atoms with van der Waals surface area (Å²) in [5.74, 6) is 2.47. The zero-order valence-electron chi connectivity index (χ0n) is 5.13. The van der Waals surface area contributed by atoms with Crippen LogP contribution in [0.1, 0.15) is 12.8 Å². The van der Waals surface area contributed by atoms with Gasteiger partial charge in [-0.1, -0.05) is 0 Å². The second-order valence-electron chi connectivity index (χ2n) is 3.52. The summed E-state index contributed by atoms with van der Waals surface area (Å²) in [4.78, 5) is 11.0. The molecule has 2 nitrogen and oxygen atoms in total. The smallest absolute Gasteiger partial charge is 0.223 e. The fourth-order valence-corrected chi connectivity index (χ4v) is 2.54. The molecule has 1 heterocycles. The highest BCUT2D eigenvalue weighted by atomic mass is 16.2. The van der Waals surface area contributed by atoms with Crippen LogP contribution in [0.25, 0.3) is 0 Å². The maximum atomic E-state index is 11.0. The maximum absolute atomic E-state index is 11.0. The van der Waals surface area contributed by atoms with Crippen molar-refractivity contribution in [2.45, 2.75) is 18.9 Å². The van der Waals surface area contributed by atoms with Gasteiger partial charge in [0.1, 0.15) is 0 Å². The van der Waals surface area contributed by atoms with Gasteiger partial charge >= 0.3 is 0 Å². The van der Waals surface area contributed by atoms with Gasteiger partial charge in [0.25, 0.3) is 0 Å². The fourth-order valence-electron chi connectivity index (χ4n) is 2.54. The summed E-state index contributed by atoms with van der Waals surface area (Å²) < 4.78 is 0. The average molecular weight is 123 g/mol. The molecule has 0 aromatic heterocycles. The Labute approximate surface area is 53.6 Å². The van der Waals surface area contributed by atoms with Crippen LogP contribution < -0.4 is 5.32 Å². The predicted molar refractivity (Wildman–Crippen MR) is 31.6 cm³/mol. The molecular formula is C7H9NO. The molecule has 4 atom stereocenters. The van der Waals surface area contributed by atoms with Gasteiger partial charge in [0, 0.05) is 12.0 Å². The Morgan fingerprint density at radius 2 is 2.22 bits per heavy atom. The van der Waals surface area contributed by atoms with Crippen LogP contribution in [0.5, 0.6) is 0 Å². The normalized spacial score (nSPS) is 59.3. The number of carbonyl (C=O) groups excluding carboxylic acids is 1. The topological polar surface area (TPSA) is 29.1 Å². The van der Waals surface area contributed by atoms with Gasteiger partial charge in [-0.05, 0) is 24.7 Å². The molecule has 1 saturated heterocycles. The summed E-state index contributed by atoms with van der Waals surface area (Å²) >= 11 is 0. The highest BCUT2D eigenvalue weighted by Gasteiger charge is 2.61. The predicted octanol–water partition coefficient (Wildman–Crippen LogP) is 0.141. The first-order chi connectivity index (χ1) is 4.36. The monoisotopic (exact) mass is 123 g/mol. The van der Waals surface area contributed by atoms with Crippen molar-refractivity contribution in [2.75, 3.05) is 0 Å². The third-order valence-corrected chi connectivity index (χ3v) is 3.10. The van der Waals surface area contributed by atoms with Gasteiger partial charge in [0.05, 0.1) is 0 Å². The minimum Gasteiger partial charge on any atom is -0.353 e. The summed E-state index contributed by atoms with van der Waals surface area (Å²) in [6.45, 7) is 0. The van der Waals surface area contributed by atoms with E-state index in [9.17, 15) is 4.79 Å². The van der Waals surface area contributed by atoms with E-state index in [2.05, 4.69) is 5.32 Å². The lowest BCUT2D eigenvalue weighted by Gasteiger charge is -2.08. The number of hydrogen-bond acceptors (Lipinski definition) is 1. The van der Waals surface area contributed by atoms with Gasteiger partial charge in [0.15, 0.2) is 0 Å². The van der Waals surface area contributed by atoms with Crippen molar-refractivity contribution in [1.82, 2.24) is 5.32 Å². The van der Waals surface area contributed by atoms with Crippen LogP contribution >= 0.6 is 0 Å². The molecule has 2 saturated carbocycles. The Kier molecular flexibility index (Phi) is 0.491. The summed E-state index contributed by atoms with van der Waals surface area (Å²) in [5.41, 5.74) is 0. The molecule has 3 fully saturated rings. The molecule has 3 aliphatic rings. The van der Waals surface area contributed by atoms with Crippen LogP contribution in [0, 0.1) is 17.8 Å². The van der Waals surface area contributed by atoms with Crippen molar-refractivity contribution < 1.29 is 4.79 Å². The van der Waals surface area contributed by atoms with Crippen molar-refractivity contribution in [2.24, 2.45) is 17.8 Å². The molecule has 48 valence electrons. The molecule has 1 aliphatic heterocycles. The van der Waals surface area contributed by atoms with Crippen LogP contribution in [-0.2, 0) is 4.79 Å². The Balaban J connectivity index is 2.04. The van der Waals surface area contributed by atoms with Crippen LogP contribution in [-0.4, -0.2) is 11.9 Å². The van der Waals surface area contributed by atoms with Crippen LogP contribution in [0.2, 0.25) is 0 Å². The second kappa shape index (κ2) is 1.02. The number of amides is 1. The highest BCUT2D eigenvalue weighted by molar-refractivity contribution is 5.83. The Bertz CT molecular complexity index is 189. The molecule has 2 heteroatoms. The van der Waals surface area contributed by atoms with Crippen molar-refractivity contribution in [3.05, 3.63) is 0 Å². The highest BCUT2D eigenvalue weighted by Crippen LogP contribution is 2.58. The number of rotatable bonds is 0. The lowest BCUT2D eigenvalue weighted by molar-refractivity contribution is -0.123. The summed E-state index contributed by atoms with van der Waals surface area (Å²) in [6.07, 6.45) is 2.47. The van der Waals surface area contributed by atoms with Gasteiger partial charge in [0.2, 0.25) is 5.91 Å². The molecule has 0 aromatic carbocycles. The van der Waals surface area contributed by atoms with E-state index in [0.29, 0.717) is 17.9 Å². The average Bonchev–Trinajstić information content (AvgIpc) is 2.46. The van der Waals surface area contributed by atoms with Crippen molar-refractivity contribution in [3.8, 4) is 0 Å². The summed E-state index contributed by atoms with van der Waals surface area (Å²) in [7, 11) is 0. The van der Waals surface area contributed by atoms with E-state index in [-0.39, 0.29) is 0 Å². The Morgan fingerprint density at radius 3 is 2.78 bits per heavy atom. The standard InChI is InChI=1S/C7H9NO/c9-7-5-2-6(8-7)4-1-3(4)5/h3-6H,1-2H2,(H,8,9). The summed E-state index contributed by atoms with van der Waals surface area (Å²) in [6, 6.07) is 0.590. The zero-order chi connectivity index (χ0) is 6.01. The molecule has 3 rings (SSSR count). The first-order valence-electron chi connectivity index (χ1n) is 3.66. The van der Waals surface area contributed by atoms with Crippen molar-refractivity contribution in [3.63, 3.8) is 0 Å². The second-order valence-corrected chi connectivity index (χ2v) is 3.52. The molecular weight excluding hydrogens is 114 g/mol. The molecule has 0 aromatic rings. The van der Waals surface area contributed by atoms with Crippen molar-refractivity contribution >= 4 is 5.91 Å². The van der Waals surface area contributed by atoms with Gasteiger partial charge < -0.3 is 5.32 Å². The molecule has 2 bridgehead atoms. The molecule has 0 spiro atoms. The lowest BCUT2D eigenvalue weighted by atomic mass is 10.1. The molecule has 1 amide bonds. The Morgan fingerprint density at radius 1 is 1.33 bits per heavy atom. The largest absolute Gasteiger partial charge is 0.353 e. The molecule has 9 heavy (non-hydrogen) atoms. The first-order valence-corrected chi connectivity index (χ1v) is 3.66. The Hall–Kier alpha value is -0.530. The molecule has 4 unspecified atom stereocenters. The quantitative estimate of drug-likeness (QED) is 0.487. The van der Waals surface area contributed by atoms with E-state index in [1.807, 2.05) is 0 Å². The van der Waals surface area contributed by atoms with E-state index >= 15 is 0 Å². The van der Waals surface area contributed by atoms with Crippen LogP contribution in [0.3, 0.4) is 0 Å². The van der Waals surface area contributed by atoms with Gasteiger partial charge in [-0.15, -0.1) is 0 Å². The van der Waals surface area contributed by atoms with Crippen LogP contribution in [0.15, 0.2) is 0 Å². The van der Waals surface area contributed by atoms with E-state index in [0.717, 1.165) is 18.3 Å². The number of carbonyl (C=O) groups is 1. The lowest BCUT2D eigenvalue weighted by Crippen LogP contribution is -2.32. The number of fused-ring (bicyclic) bond motifs is 5. The minimum absolute atomic E-state index is 0.332. The number of nitrogens with one attached hydrogen (secondary N) is 1. The maximum Gasteiger partial charge on any atom is 0.223 e. The number of hydrogen-bond donors (Lipinski definition) is 1. The fraction of sp³-hybridized carbons (Fsp3) is 0.857. The summed E-state index contributed by atoms with van der Waals surface area (Å²) in [5, 5.41) is 3.01. The number of piperidine rings is 1. The van der Waals surface area contributed by atoms with Crippen molar-refractivity contribution in [1.29, 1.82) is 0 Å². The van der Waals surface area contributed by atoms with Crippen LogP contribution in [0.4, 0.5) is 0 Å². The third kappa shape index (κ3) is 0.345. The zero-order valence-corrected chi connectivity index (χ0v) is 5.13. The molecule has 2 aliphatic carbocycles.